The van der Waals surface area contributed by atoms with Crippen molar-refractivity contribution in [2.75, 3.05) is 13.7 Å². The van der Waals surface area contributed by atoms with Crippen molar-refractivity contribution in [2.24, 2.45) is 0 Å². The number of H-pyrrole nitrogens is 1. The second kappa shape index (κ2) is 7.67. The number of hydrogen-bond acceptors (Lipinski definition) is 4. The number of nitrogens with zero attached hydrogens (tertiary/aromatic N) is 1. The van der Waals surface area contributed by atoms with Gasteiger partial charge in [-0.3, -0.25) is 9.89 Å². The summed E-state index contributed by atoms with van der Waals surface area (Å²) in [4.78, 5) is 12.1. The maximum absolute atomic E-state index is 12.1. The van der Waals surface area contributed by atoms with E-state index in [1.807, 2.05) is 39.0 Å². The first kappa shape index (κ1) is 16.9. The fourth-order valence-corrected chi connectivity index (χ4v) is 2.36. The average molecular weight is 317 g/mol. The minimum Gasteiger partial charge on any atom is -0.493 e. The first-order chi connectivity index (χ1) is 11.0. The van der Waals surface area contributed by atoms with Gasteiger partial charge in [0.15, 0.2) is 11.5 Å². The molecular formula is C17H23N3O3. The largest absolute Gasteiger partial charge is 0.493 e. The smallest absolute Gasteiger partial charge is 0.224 e. The standard InChI is InChI=1S/C17H23N3O3/c1-5-23-16-8-13(6-7-15(16)22-4)10-18-17(21)9-14-11(2)19-20-12(14)3/h6-8H,5,9-10H2,1-4H3,(H,18,21)(H,19,20). The SMILES string of the molecule is CCOc1cc(CNC(=O)Cc2c(C)n[nH]c2C)ccc1OC. The van der Waals surface area contributed by atoms with Gasteiger partial charge in [0, 0.05) is 17.8 Å². The van der Waals surface area contributed by atoms with Gasteiger partial charge >= 0.3 is 0 Å². The van der Waals surface area contributed by atoms with Crippen LogP contribution in [-0.4, -0.2) is 29.8 Å². The van der Waals surface area contributed by atoms with Gasteiger partial charge in [0.25, 0.3) is 0 Å². The number of aromatic amines is 1. The molecule has 1 amide bonds. The molecule has 0 saturated carbocycles. The fraction of sp³-hybridized carbons (Fsp3) is 0.412. The second-order valence-corrected chi connectivity index (χ2v) is 5.28. The van der Waals surface area contributed by atoms with E-state index in [2.05, 4.69) is 15.5 Å². The topological polar surface area (TPSA) is 76.2 Å². The Labute approximate surface area is 136 Å². The van der Waals surface area contributed by atoms with Crippen LogP contribution in [0.1, 0.15) is 29.4 Å². The van der Waals surface area contributed by atoms with Crippen molar-refractivity contribution < 1.29 is 14.3 Å². The van der Waals surface area contributed by atoms with Crippen LogP contribution in [0.25, 0.3) is 0 Å². The highest BCUT2D eigenvalue weighted by Crippen LogP contribution is 2.27. The van der Waals surface area contributed by atoms with Crippen LogP contribution in [0.3, 0.4) is 0 Å². The maximum atomic E-state index is 12.1. The Hall–Kier alpha value is -2.50. The molecule has 0 aliphatic heterocycles. The van der Waals surface area contributed by atoms with Gasteiger partial charge < -0.3 is 14.8 Å². The van der Waals surface area contributed by atoms with Crippen LogP contribution >= 0.6 is 0 Å². The Bertz CT molecular complexity index is 660. The number of methoxy groups -OCH3 is 1. The lowest BCUT2D eigenvalue weighted by molar-refractivity contribution is -0.120. The molecule has 0 aliphatic carbocycles. The van der Waals surface area contributed by atoms with Crippen molar-refractivity contribution in [1.29, 1.82) is 0 Å². The van der Waals surface area contributed by atoms with Crippen LogP contribution in [0.2, 0.25) is 0 Å². The lowest BCUT2D eigenvalue weighted by Gasteiger charge is -2.11. The number of amides is 1. The van der Waals surface area contributed by atoms with Crippen LogP contribution in [0.5, 0.6) is 11.5 Å². The summed E-state index contributed by atoms with van der Waals surface area (Å²) >= 11 is 0. The predicted octanol–water partition coefficient (Wildman–Crippen LogP) is 2.29. The highest BCUT2D eigenvalue weighted by Gasteiger charge is 2.12. The molecule has 2 aromatic rings. The third kappa shape index (κ3) is 4.25. The highest BCUT2D eigenvalue weighted by atomic mass is 16.5. The number of aromatic nitrogens is 2. The number of aryl methyl sites for hydroxylation is 2. The van der Waals surface area contributed by atoms with Crippen molar-refractivity contribution in [3.63, 3.8) is 0 Å². The Kier molecular flexibility index (Phi) is 5.62. The number of carbonyl (C=O) groups is 1. The molecule has 1 aromatic heterocycles. The first-order valence-corrected chi connectivity index (χ1v) is 7.62. The van der Waals surface area contributed by atoms with Crippen LogP contribution in [-0.2, 0) is 17.8 Å². The first-order valence-electron chi connectivity index (χ1n) is 7.62. The van der Waals surface area contributed by atoms with Gasteiger partial charge in [0.05, 0.1) is 25.8 Å². The average Bonchev–Trinajstić information content (AvgIpc) is 2.85. The van der Waals surface area contributed by atoms with Crippen molar-refractivity contribution in [3.05, 3.63) is 40.7 Å². The maximum Gasteiger partial charge on any atom is 0.224 e. The molecule has 0 bridgehead atoms. The van der Waals surface area contributed by atoms with Crippen molar-refractivity contribution >= 4 is 5.91 Å². The Balaban J connectivity index is 1.97. The molecule has 6 nitrogen and oxygen atoms in total. The normalized spacial score (nSPS) is 10.4. The minimum absolute atomic E-state index is 0.0358. The van der Waals surface area contributed by atoms with Gasteiger partial charge in [-0.15, -0.1) is 0 Å². The van der Waals surface area contributed by atoms with Crippen molar-refractivity contribution in [3.8, 4) is 11.5 Å². The number of rotatable bonds is 7. The summed E-state index contributed by atoms with van der Waals surface area (Å²) < 4.78 is 10.8. The van der Waals surface area contributed by atoms with E-state index in [9.17, 15) is 4.79 Å². The zero-order valence-corrected chi connectivity index (χ0v) is 14.0. The van der Waals surface area contributed by atoms with E-state index in [-0.39, 0.29) is 5.91 Å². The van der Waals surface area contributed by atoms with Crippen LogP contribution in [0, 0.1) is 13.8 Å². The monoisotopic (exact) mass is 317 g/mol. The van der Waals surface area contributed by atoms with Gasteiger partial charge in [-0.2, -0.15) is 5.10 Å². The number of benzene rings is 1. The summed E-state index contributed by atoms with van der Waals surface area (Å²) in [7, 11) is 1.61. The lowest BCUT2D eigenvalue weighted by Crippen LogP contribution is -2.25. The summed E-state index contributed by atoms with van der Waals surface area (Å²) in [5.74, 6) is 1.33. The summed E-state index contributed by atoms with van der Waals surface area (Å²) in [5.41, 5.74) is 3.71. The fourth-order valence-electron chi connectivity index (χ4n) is 2.36. The van der Waals surface area contributed by atoms with Gasteiger partial charge in [0.2, 0.25) is 5.91 Å². The van der Waals surface area contributed by atoms with Crippen LogP contribution in [0.15, 0.2) is 18.2 Å². The van der Waals surface area contributed by atoms with Crippen molar-refractivity contribution in [1.82, 2.24) is 15.5 Å². The molecule has 0 fully saturated rings. The third-order valence-corrected chi connectivity index (χ3v) is 3.64. The number of ether oxygens (including phenoxy) is 2. The summed E-state index contributed by atoms with van der Waals surface area (Å²) in [6, 6.07) is 5.64. The van der Waals surface area contributed by atoms with E-state index >= 15 is 0 Å². The molecule has 2 rings (SSSR count). The van der Waals surface area contributed by atoms with Gasteiger partial charge in [-0.25, -0.2) is 0 Å². The quantitative estimate of drug-likeness (QED) is 0.821. The van der Waals surface area contributed by atoms with E-state index < -0.39 is 0 Å². The zero-order chi connectivity index (χ0) is 16.8. The van der Waals surface area contributed by atoms with Crippen molar-refractivity contribution in [2.45, 2.75) is 33.7 Å². The molecule has 0 radical (unpaired) electrons. The second-order valence-electron chi connectivity index (χ2n) is 5.28. The predicted molar refractivity (Wildman–Crippen MR) is 87.8 cm³/mol. The van der Waals surface area contributed by atoms with E-state index in [0.717, 1.165) is 22.5 Å². The van der Waals surface area contributed by atoms with E-state index in [1.54, 1.807) is 7.11 Å². The molecule has 1 heterocycles. The van der Waals surface area contributed by atoms with E-state index in [4.69, 9.17) is 9.47 Å². The molecule has 23 heavy (non-hydrogen) atoms. The molecular weight excluding hydrogens is 294 g/mol. The van der Waals surface area contributed by atoms with E-state index in [0.29, 0.717) is 31.1 Å². The highest BCUT2D eigenvalue weighted by molar-refractivity contribution is 5.79. The molecule has 124 valence electrons. The Morgan fingerprint density at radius 1 is 1.30 bits per heavy atom. The molecule has 0 unspecified atom stereocenters. The summed E-state index contributed by atoms with van der Waals surface area (Å²) in [6.07, 6.45) is 0.322. The minimum atomic E-state index is -0.0358. The number of nitrogens with one attached hydrogen (secondary N) is 2. The molecule has 2 N–H and O–H groups in total. The summed E-state index contributed by atoms with van der Waals surface area (Å²) in [6.45, 7) is 6.73. The van der Waals surface area contributed by atoms with Crippen LogP contribution in [0.4, 0.5) is 0 Å². The summed E-state index contributed by atoms with van der Waals surface area (Å²) in [5, 5.41) is 9.91. The molecule has 0 saturated heterocycles. The molecule has 6 heteroatoms. The van der Waals surface area contributed by atoms with E-state index in [1.165, 1.54) is 0 Å². The molecule has 0 aliphatic rings. The molecule has 0 spiro atoms. The lowest BCUT2D eigenvalue weighted by atomic mass is 10.1. The van der Waals surface area contributed by atoms with Gasteiger partial charge in [-0.05, 0) is 38.5 Å². The Morgan fingerprint density at radius 2 is 2.09 bits per heavy atom. The van der Waals surface area contributed by atoms with Crippen LogP contribution < -0.4 is 14.8 Å². The zero-order valence-electron chi connectivity index (χ0n) is 14.0. The van der Waals surface area contributed by atoms with Gasteiger partial charge in [-0.1, -0.05) is 6.07 Å². The molecule has 1 aromatic carbocycles. The molecule has 0 atom stereocenters. The number of hydrogen-bond donors (Lipinski definition) is 2. The van der Waals surface area contributed by atoms with Gasteiger partial charge in [0.1, 0.15) is 0 Å². The number of carbonyl (C=O) groups excluding carboxylic acids is 1. The Morgan fingerprint density at radius 3 is 2.70 bits per heavy atom. The third-order valence-electron chi connectivity index (χ3n) is 3.64.